The minimum atomic E-state index is -0.608. The standard InChI is InChI=1S/C16H13N5O2S/c17-14(22)11-5-1-2-6-12(11)20-15(23)13-9-24-16(21-13)19-10-4-3-7-18-8-10/h1-9H,(H2,17,22)(H,19,21)(H,20,23). The van der Waals surface area contributed by atoms with Crippen LogP contribution in [0.2, 0.25) is 0 Å². The fraction of sp³-hybridized carbons (Fsp3) is 0. The maximum Gasteiger partial charge on any atom is 0.275 e. The molecule has 120 valence electrons. The van der Waals surface area contributed by atoms with Gasteiger partial charge in [-0.15, -0.1) is 11.3 Å². The van der Waals surface area contributed by atoms with E-state index in [-0.39, 0.29) is 11.3 Å². The third-order valence-electron chi connectivity index (χ3n) is 3.09. The van der Waals surface area contributed by atoms with Gasteiger partial charge in [-0.1, -0.05) is 12.1 Å². The Labute approximate surface area is 141 Å². The first-order valence-corrected chi connectivity index (χ1v) is 7.84. The van der Waals surface area contributed by atoms with Crippen LogP contribution in [-0.4, -0.2) is 21.8 Å². The van der Waals surface area contributed by atoms with E-state index in [0.29, 0.717) is 10.8 Å². The van der Waals surface area contributed by atoms with E-state index in [1.807, 2.05) is 6.07 Å². The molecule has 2 aromatic heterocycles. The molecule has 0 aliphatic carbocycles. The zero-order valence-corrected chi connectivity index (χ0v) is 13.2. The molecular weight excluding hydrogens is 326 g/mol. The summed E-state index contributed by atoms with van der Waals surface area (Å²) >= 11 is 1.29. The number of hydrogen-bond acceptors (Lipinski definition) is 6. The van der Waals surface area contributed by atoms with Gasteiger partial charge in [0, 0.05) is 11.6 Å². The first-order chi connectivity index (χ1) is 11.6. The molecule has 0 fully saturated rings. The number of primary amides is 1. The molecule has 4 N–H and O–H groups in total. The van der Waals surface area contributed by atoms with Crippen LogP contribution >= 0.6 is 11.3 Å². The highest BCUT2D eigenvalue weighted by Gasteiger charge is 2.14. The molecule has 0 saturated heterocycles. The van der Waals surface area contributed by atoms with Crippen LogP contribution in [-0.2, 0) is 0 Å². The number of hydrogen-bond donors (Lipinski definition) is 3. The van der Waals surface area contributed by atoms with E-state index >= 15 is 0 Å². The number of anilines is 3. The van der Waals surface area contributed by atoms with Crippen molar-refractivity contribution in [3.63, 3.8) is 0 Å². The number of amides is 2. The van der Waals surface area contributed by atoms with Crippen LogP contribution in [0.15, 0.2) is 54.2 Å². The highest BCUT2D eigenvalue weighted by atomic mass is 32.1. The average molecular weight is 339 g/mol. The van der Waals surface area contributed by atoms with Gasteiger partial charge in [-0.25, -0.2) is 4.98 Å². The predicted molar refractivity (Wildman–Crippen MR) is 92.5 cm³/mol. The number of carbonyl (C=O) groups is 2. The largest absolute Gasteiger partial charge is 0.366 e. The topological polar surface area (TPSA) is 110 Å². The molecule has 3 aromatic rings. The number of carbonyl (C=O) groups excluding carboxylic acids is 2. The van der Waals surface area contributed by atoms with Crippen LogP contribution < -0.4 is 16.4 Å². The lowest BCUT2D eigenvalue weighted by Gasteiger charge is -2.07. The molecule has 24 heavy (non-hydrogen) atoms. The van der Waals surface area contributed by atoms with Gasteiger partial charge in [0.05, 0.1) is 23.1 Å². The van der Waals surface area contributed by atoms with Crippen LogP contribution in [0.4, 0.5) is 16.5 Å². The van der Waals surface area contributed by atoms with Gasteiger partial charge in [0.25, 0.3) is 11.8 Å². The average Bonchev–Trinajstić information content (AvgIpc) is 3.05. The third-order valence-corrected chi connectivity index (χ3v) is 3.85. The molecule has 2 amide bonds. The van der Waals surface area contributed by atoms with E-state index in [0.717, 1.165) is 5.69 Å². The lowest BCUT2D eigenvalue weighted by molar-refractivity contribution is 0.100. The third kappa shape index (κ3) is 3.55. The number of pyridine rings is 1. The Bertz CT molecular complexity index is 879. The number of benzene rings is 1. The highest BCUT2D eigenvalue weighted by molar-refractivity contribution is 7.14. The van der Waals surface area contributed by atoms with Crippen LogP contribution in [0, 0.1) is 0 Å². The Morgan fingerprint density at radius 2 is 1.96 bits per heavy atom. The fourth-order valence-electron chi connectivity index (χ4n) is 1.99. The number of nitrogens with zero attached hydrogens (tertiary/aromatic N) is 2. The number of para-hydroxylation sites is 1. The van der Waals surface area contributed by atoms with Crippen molar-refractivity contribution in [3.8, 4) is 0 Å². The van der Waals surface area contributed by atoms with Gasteiger partial charge in [0.1, 0.15) is 5.69 Å². The minimum absolute atomic E-state index is 0.241. The van der Waals surface area contributed by atoms with Crippen molar-refractivity contribution in [2.24, 2.45) is 5.73 Å². The summed E-state index contributed by atoms with van der Waals surface area (Å²) in [5.74, 6) is -1.03. The van der Waals surface area contributed by atoms with Gasteiger partial charge in [-0.3, -0.25) is 14.6 Å². The summed E-state index contributed by atoms with van der Waals surface area (Å²) in [4.78, 5) is 31.9. The zero-order valence-electron chi connectivity index (χ0n) is 12.4. The van der Waals surface area contributed by atoms with Crippen LogP contribution in [0.5, 0.6) is 0 Å². The summed E-state index contributed by atoms with van der Waals surface area (Å²) in [5.41, 5.74) is 6.91. The van der Waals surface area contributed by atoms with Crippen molar-refractivity contribution in [1.82, 2.24) is 9.97 Å². The minimum Gasteiger partial charge on any atom is -0.366 e. The molecule has 2 heterocycles. The molecule has 0 aliphatic heterocycles. The van der Waals surface area contributed by atoms with Gasteiger partial charge in [-0.2, -0.15) is 0 Å². The Morgan fingerprint density at radius 1 is 1.12 bits per heavy atom. The first-order valence-electron chi connectivity index (χ1n) is 6.96. The van der Waals surface area contributed by atoms with Gasteiger partial charge < -0.3 is 16.4 Å². The van der Waals surface area contributed by atoms with Gasteiger partial charge in [-0.05, 0) is 24.3 Å². The summed E-state index contributed by atoms with van der Waals surface area (Å²) in [7, 11) is 0. The van der Waals surface area contributed by atoms with E-state index in [4.69, 9.17) is 5.73 Å². The number of thiazole rings is 1. The zero-order chi connectivity index (χ0) is 16.9. The van der Waals surface area contributed by atoms with Crippen molar-refractivity contribution in [2.75, 3.05) is 10.6 Å². The molecule has 0 aliphatic rings. The van der Waals surface area contributed by atoms with E-state index in [1.165, 1.54) is 11.3 Å². The molecule has 0 spiro atoms. The van der Waals surface area contributed by atoms with E-state index in [1.54, 1.807) is 48.1 Å². The van der Waals surface area contributed by atoms with Crippen LogP contribution in [0.25, 0.3) is 0 Å². The molecule has 0 bridgehead atoms. The first kappa shape index (κ1) is 15.6. The number of rotatable bonds is 5. The maximum atomic E-state index is 12.3. The summed E-state index contributed by atoms with van der Waals surface area (Å²) in [5, 5.41) is 7.91. The van der Waals surface area contributed by atoms with Gasteiger partial charge >= 0.3 is 0 Å². The summed E-state index contributed by atoms with van der Waals surface area (Å²) in [6.45, 7) is 0. The second kappa shape index (κ2) is 6.88. The second-order valence-corrected chi connectivity index (χ2v) is 5.63. The number of nitrogens with one attached hydrogen (secondary N) is 2. The van der Waals surface area contributed by atoms with E-state index in [2.05, 4.69) is 20.6 Å². The van der Waals surface area contributed by atoms with Crippen molar-refractivity contribution < 1.29 is 9.59 Å². The summed E-state index contributed by atoms with van der Waals surface area (Å²) in [6, 6.07) is 10.2. The molecule has 0 radical (unpaired) electrons. The lowest BCUT2D eigenvalue weighted by Crippen LogP contribution is -2.18. The van der Waals surface area contributed by atoms with Gasteiger partial charge in [0.2, 0.25) is 0 Å². The molecule has 8 heteroatoms. The Balaban J connectivity index is 1.74. The van der Waals surface area contributed by atoms with Crippen LogP contribution in [0.3, 0.4) is 0 Å². The predicted octanol–water partition coefficient (Wildman–Crippen LogP) is 2.63. The Hall–Kier alpha value is -3.26. The summed E-state index contributed by atoms with van der Waals surface area (Å²) in [6.07, 6.45) is 3.33. The van der Waals surface area contributed by atoms with Crippen molar-refractivity contribution >= 4 is 39.7 Å². The maximum absolute atomic E-state index is 12.3. The molecule has 7 nitrogen and oxygen atoms in total. The van der Waals surface area contributed by atoms with E-state index < -0.39 is 11.8 Å². The molecule has 0 unspecified atom stereocenters. The van der Waals surface area contributed by atoms with Crippen molar-refractivity contribution in [3.05, 3.63) is 65.4 Å². The number of nitrogens with two attached hydrogens (primary N) is 1. The number of aromatic nitrogens is 2. The quantitative estimate of drug-likeness (QED) is 0.662. The molecule has 0 atom stereocenters. The Morgan fingerprint density at radius 3 is 2.71 bits per heavy atom. The lowest BCUT2D eigenvalue weighted by atomic mass is 10.1. The Kier molecular flexibility index (Phi) is 4.48. The van der Waals surface area contributed by atoms with E-state index in [9.17, 15) is 9.59 Å². The molecular formula is C16H13N5O2S. The monoisotopic (exact) mass is 339 g/mol. The molecule has 3 rings (SSSR count). The van der Waals surface area contributed by atoms with Crippen molar-refractivity contribution in [1.29, 1.82) is 0 Å². The normalized spacial score (nSPS) is 10.2. The smallest absolute Gasteiger partial charge is 0.275 e. The van der Waals surface area contributed by atoms with Crippen molar-refractivity contribution in [2.45, 2.75) is 0 Å². The highest BCUT2D eigenvalue weighted by Crippen LogP contribution is 2.21. The molecule has 0 saturated carbocycles. The van der Waals surface area contributed by atoms with Crippen LogP contribution in [0.1, 0.15) is 20.8 Å². The fourth-order valence-corrected chi connectivity index (χ4v) is 2.70. The second-order valence-electron chi connectivity index (χ2n) is 4.77. The van der Waals surface area contributed by atoms with Gasteiger partial charge in [0.15, 0.2) is 5.13 Å². The SMILES string of the molecule is NC(=O)c1ccccc1NC(=O)c1csc(Nc2cccnc2)n1. The summed E-state index contributed by atoms with van der Waals surface area (Å²) < 4.78 is 0. The molecule has 1 aromatic carbocycles.